The van der Waals surface area contributed by atoms with Crippen LogP contribution in [0.25, 0.3) is 0 Å². The zero-order chi connectivity index (χ0) is 13.0. The highest BCUT2D eigenvalue weighted by molar-refractivity contribution is 6.32. The highest BCUT2D eigenvalue weighted by Gasteiger charge is 2.06. The number of aliphatic hydroxyl groups excluding tert-OH is 1. The number of benzene rings is 1. The molecule has 0 radical (unpaired) electrons. The Hall–Kier alpha value is -1.29. The number of ether oxygens (including phenoxy) is 1. The first kappa shape index (κ1) is 13.1. The van der Waals surface area contributed by atoms with Crippen molar-refractivity contribution in [2.45, 2.75) is 13.2 Å². The number of rotatable bonds is 4. The average Bonchev–Trinajstić information content (AvgIpc) is 2.40. The third-order valence-electron chi connectivity index (χ3n) is 2.39. The minimum absolute atomic E-state index is 0.0765. The first-order chi connectivity index (χ1) is 8.70. The smallest absolute Gasteiger partial charge is 0.132 e. The number of aliphatic hydroxyl groups is 1. The standard InChI is InChI=1S/C13H11Cl2NO2/c14-10-5-6-13(15)16-11(10)8-18-12-4-2-1-3-9(12)7-17/h1-6,17H,7-8H2. The van der Waals surface area contributed by atoms with Gasteiger partial charge in [-0.2, -0.15) is 0 Å². The summed E-state index contributed by atoms with van der Waals surface area (Å²) in [5.41, 5.74) is 1.28. The molecule has 0 atom stereocenters. The molecule has 0 aliphatic rings. The van der Waals surface area contributed by atoms with Crippen LogP contribution in [0, 0.1) is 0 Å². The number of nitrogens with zero attached hydrogens (tertiary/aromatic N) is 1. The van der Waals surface area contributed by atoms with E-state index in [1.165, 1.54) is 0 Å². The Morgan fingerprint density at radius 3 is 2.67 bits per heavy atom. The molecule has 0 spiro atoms. The van der Waals surface area contributed by atoms with Crippen LogP contribution in [0.4, 0.5) is 0 Å². The van der Waals surface area contributed by atoms with E-state index in [0.717, 1.165) is 5.56 Å². The van der Waals surface area contributed by atoms with Crippen molar-refractivity contribution in [3.05, 3.63) is 57.8 Å². The number of aromatic nitrogens is 1. The second-order valence-electron chi connectivity index (χ2n) is 3.62. The summed E-state index contributed by atoms with van der Waals surface area (Å²) in [6.07, 6.45) is 0. The topological polar surface area (TPSA) is 42.4 Å². The van der Waals surface area contributed by atoms with Crippen molar-refractivity contribution in [3.63, 3.8) is 0 Å². The van der Waals surface area contributed by atoms with Crippen LogP contribution in [0.15, 0.2) is 36.4 Å². The fraction of sp³-hybridized carbons (Fsp3) is 0.154. The van der Waals surface area contributed by atoms with E-state index in [0.29, 0.717) is 21.6 Å². The molecule has 0 saturated heterocycles. The molecule has 1 heterocycles. The summed E-state index contributed by atoms with van der Waals surface area (Å²) >= 11 is 11.8. The molecule has 0 amide bonds. The maximum atomic E-state index is 9.17. The third kappa shape index (κ3) is 3.13. The quantitative estimate of drug-likeness (QED) is 0.874. The van der Waals surface area contributed by atoms with Gasteiger partial charge in [0, 0.05) is 5.56 Å². The van der Waals surface area contributed by atoms with Gasteiger partial charge in [0.15, 0.2) is 0 Å². The molecule has 2 aromatic rings. The highest BCUT2D eigenvalue weighted by atomic mass is 35.5. The van der Waals surface area contributed by atoms with Crippen LogP contribution in [0.1, 0.15) is 11.3 Å². The van der Waals surface area contributed by atoms with Gasteiger partial charge >= 0.3 is 0 Å². The van der Waals surface area contributed by atoms with Gasteiger partial charge in [-0.05, 0) is 18.2 Å². The lowest BCUT2D eigenvalue weighted by Crippen LogP contribution is -2.01. The molecule has 94 valence electrons. The van der Waals surface area contributed by atoms with Crippen LogP contribution in [0.2, 0.25) is 10.2 Å². The molecular weight excluding hydrogens is 273 g/mol. The van der Waals surface area contributed by atoms with Crippen molar-refractivity contribution in [1.82, 2.24) is 4.98 Å². The molecule has 0 bridgehead atoms. The van der Waals surface area contributed by atoms with Crippen LogP contribution in [-0.2, 0) is 13.2 Å². The summed E-state index contributed by atoms with van der Waals surface area (Å²) in [5, 5.41) is 10.0. The van der Waals surface area contributed by atoms with Crippen molar-refractivity contribution in [2.24, 2.45) is 0 Å². The largest absolute Gasteiger partial charge is 0.487 e. The monoisotopic (exact) mass is 283 g/mol. The third-order valence-corrected chi connectivity index (χ3v) is 2.95. The number of halogens is 2. The minimum atomic E-state index is -0.0765. The summed E-state index contributed by atoms with van der Waals surface area (Å²) in [5.74, 6) is 0.609. The minimum Gasteiger partial charge on any atom is -0.487 e. The number of hydrogen-bond acceptors (Lipinski definition) is 3. The molecule has 1 aromatic heterocycles. The summed E-state index contributed by atoms with van der Waals surface area (Å²) < 4.78 is 5.58. The number of pyridine rings is 1. The van der Waals surface area contributed by atoms with Gasteiger partial charge in [0.25, 0.3) is 0 Å². The fourth-order valence-corrected chi connectivity index (χ4v) is 1.81. The zero-order valence-corrected chi connectivity index (χ0v) is 10.9. The molecule has 0 fully saturated rings. The Morgan fingerprint density at radius 1 is 1.11 bits per heavy atom. The summed E-state index contributed by atoms with van der Waals surface area (Å²) in [7, 11) is 0. The predicted molar refractivity (Wildman–Crippen MR) is 71.0 cm³/mol. The van der Waals surface area contributed by atoms with Crippen molar-refractivity contribution < 1.29 is 9.84 Å². The first-order valence-electron chi connectivity index (χ1n) is 5.33. The summed E-state index contributed by atoms with van der Waals surface area (Å²) in [6.45, 7) is 0.128. The Kier molecular flexibility index (Phi) is 4.42. The molecular formula is C13H11Cl2NO2. The molecule has 0 unspecified atom stereocenters. The van der Waals surface area contributed by atoms with Gasteiger partial charge in [0.1, 0.15) is 17.5 Å². The highest BCUT2D eigenvalue weighted by Crippen LogP contribution is 2.22. The maximum absolute atomic E-state index is 9.17. The van der Waals surface area contributed by atoms with E-state index < -0.39 is 0 Å². The van der Waals surface area contributed by atoms with E-state index in [1.54, 1.807) is 24.3 Å². The summed E-state index contributed by atoms with van der Waals surface area (Å²) in [4.78, 5) is 4.09. The second kappa shape index (κ2) is 6.05. The van der Waals surface area contributed by atoms with Gasteiger partial charge in [-0.15, -0.1) is 0 Å². The first-order valence-corrected chi connectivity index (χ1v) is 6.09. The second-order valence-corrected chi connectivity index (χ2v) is 4.41. The maximum Gasteiger partial charge on any atom is 0.132 e. The van der Waals surface area contributed by atoms with Gasteiger partial charge in [-0.3, -0.25) is 0 Å². The molecule has 1 aromatic carbocycles. The molecule has 0 saturated carbocycles. The molecule has 1 N–H and O–H groups in total. The number of hydrogen-bond donors (Lipinski definition) is 1. The van der Waals surface area contributed by atoms with Crippen LogP contribution in [0.5, 0.6) is 5.75 Å². The lowest BCUT2D eigenvalue weighted by atomic mass is 10.2. The van der Waals surface area contributed by atoms with Crippen molar-refractivity contribution >= 4 is 23.2 Å². The van der Waals surface area contributed by atoms with Crippen LogP contribution in [0.3, 0.4) is 0 Å². The van der Waals surface area contributed by atoms with Gasteiger partial charge in [-0.25, -0.2) is 4.98 Å². The Labute approximate surface area is 115 Å². The Morgan fingerprint density at radius 2 is 1.89 bits per heavy atom. The van der Waals surface area contributed by atoms with E-state index >= 15 is 0 Å². The molecule has 2 rings (SSSR count). The fourth-order valence-electron chi connectivity index (χ4n) is 1.48. The average molecular weight is 284 g/mol. The van der Waals surface area contributed by atoms with Gasteiger partial charge in [0.2, 0.25) is 0 Å². The lowest BCUT2D eigenvalue weighted by molar-refractivity contribution is 0.257. The molecule has 18 heavy (non-hydrogen) atoms. The van der Waals surface area contributed by atoms with Gasteiger partial charge < -0.3 is 9.84 Å². The molecule has 0 aliphatic heterocycles. The SMILES string of the molecule is OCc1ccccc1OCc1nc(Cl)ccc1Cl. The Bertz CT molecular complexity index is 546. The van der Waals surface area contributed by atoms with E-state index in [-0.39, 0.29) is 13.2 Å². The molecule has 3 nitrogen and oxygen atoms in total. The van der Waals surface area contributed by atoms with E-state index in [2.05, 4.69) is 4.98 Å². The van der Waals surface area contributed by atoms with Crippen LogP contribution < -0.4 is 4.74 Å². The molecule has 0 aliphatic carbocycles. The van der Waals surface area contributed by atoms with Crippen molar-refractivity contribution in [3.8, 4) is 5.75 Å². The number of para-hydroxylation sites is 1. The van der Waals surface area contributed by atoms with Crippen LogP contribution >= 0.6 is 23.2 Å². The van der Waals surface area contributed by atoms with E-state index in [4.69, 9.17) is 27.9 Å². The normalized spacial score (nSPS) is 10.4. The summed E-state index contributed by atoms with van der Waals surface area (Å²) in [6, 6.07) is 10.5. The lowest BCUT2D eigenvalue weighted by Gasteiger charge is -2.10. The van der Waals surface area contributed by atoms with Gasteiger partial charge in [-0.1, -0.05) is 41.4 Å². The van der Waals surface area contributed by atoms with E-state index in [9.17, 15) is 5.11 Å². The van der Waals surface area contributed by atoms with Gasteiger partial charge in [0.05, 0.1) is 17.3 Å². The zero-order valence-electron chi connectivity index (χ0n) is 9.44. The Balaban J connectivity index is 2.14. The van der Waals surface area contributed by atoms with E-state index in [1.807, 2.05) is 12.1 Å². The van der Waals surface area contributed by atoms with Crippen LogP contribution in [-0.4, -0.2) is 10.1 Å². The van der Waals surface area contributed by atoms with Crippen molar-refractivity contribution in [1.29, 1.82) is 0 Å². The predicted octanol–water partition coefficient (Wildman–Crippen LogP) is 3.46. The molecule has 5 heteroatoms. The van der Waals surface area contributed by atoms with Crippen molar-refractivity contribution in [2.75, 3.05) is 0 Å².